The van der Waals surface area contributed by atoms with Crippen LogP contribution in [0.2, 0.25) is 5.02 Å². The summed E-state index contributed by atoms with van der Waals surface area (Å²) in [6, 6.07) is 11.2. The molecule has 0 unspecified atom stereocenters. The van der Waals surface area contributed by atoms with Crippen LogP contribution in [0.15, 0.2) is 36.5 Å². The van der Waals surface area contributed by atoms with Gasteiger partial charge in [0.1, 0.15) is 10.8 Å². The minimum Gasteiger partial charge on any atom is -0.355 e. The molecule has 0 radical (unpaired) electrons. The smallest absolute Gasteiger partial charge is 0.223 e. The van der Waals surface area contributed by atoms with Gasteiger partial charge in [0.05, 0.1) is 6.20 Å². The molecular formula is C23H27ClN4O. The summed E-state index contributed by atoms with van der Waals surface area (Å²) in [7, 11) is 0. The summed E-state index contributed by atoms with van der Waals surface area (Å²) in [6.45, 7) is 3.71. The molecule has 0 spiro atoms. The average Bonchev–Trinajstić information content (AvgIpc) is 2.73. The van der Waals surface area contributed by atoms with Crippen LogP contribution in [-0.2, 0) is 11.2 Å². The van der Waals surface area contributed by atoms with Crippen molar-refractivity contribution in [2.75, 3.05) is 18.0 Å². The summed E-state index contributed by atoms with van der Waals surface area (Å²) in [5, 5.41) is 0.617. The maximum Gasteiger partial charge on any atom is 0.223 e. The number of benzene rings is 1. The van der Waals surface area contributed by atoms with Gasteiger partial charge in [0.25, 0.3) is 0 Å². The lowest BCUT2D eigenvalue weighted by Gasteiger charge is -2.57. The van der Waals surface area contributed by atoms with Crippen LogP contribution >= 0.6 is 11.6 Å². The van der Waals surface area contributed by atoms with Gasteiger partial charge in [-0.15, -0.1) is 0 Å². The predicted molar refractivity (Wildman–Crippen MR) is 114 cm³/mol. The molecule has 152 valence electrons. The van der Waals surface area contributed by atoms with E-state index in [1.165, 1.54) is 12.0 Å². The first-order valence-corrected chi connectivity index (χ1v) is 11.1. The Kier molecular flexibility index (Phi) is 4.94. The molecule has 29 heavy (non-hydrogen) atoms. The molecule has 4 heterocycles. The molecule has 6 heteroatoms. The fourth-order valence-corrected chi connectivity index (χ4v) is 5.94. The quantitative estimate of drug-likeness (QED) is 0.770. The number of rotatable bonds is 3. The van der Waals surface area contributed by atoms with Gasteiger partial charge in [0.2, 0.25) is 5.91 Å². The van der Waals surface area contributed by atoms with Gasteiger partial charge < -0.3 is 9.80 Å². The molecule has 5 rings (SSSR count). The maximum absolute atomic E-state index is 13.0. The highest BCUT2D eigenvalue weighted by molar-refractivity contribution is 6.32. The Hall–Kier alpha value is -2.14. The van der Waals surface area contributed by atoms with Gasteiger partial charge in [-0.25, -0.2) is 9.97 Å². The number of nitrogens with zero attached hydrogens (tertiary/aromatic N) is 4. The van der Waals surface area contributed by atoms with E-state index in [2.05, 4.69) is 50.1 Å². The zero-order valence-electron chi connectivity index (χ0n) is 16.8. The molecule has 3 aliphatic heterocycles. The zero-order valence-corrected chi connectivity index (χ0v) is 17.6. The standard InChI is InChI=1S/C23H27ClN4O/c1-15-25-12-19(24)23(26-15)27-13-17-11-18(14-27)21(10-16-6-3-2-4-7-16)28-20(17)8-5-9-22(28)29/h2-4,6-7,12,17-18,20-21H,5,8-11,13-14H2,1H3/t17-,18+,20+,21+/m1/s1. The molecule has 4 atom stereocenters. The summed E-state index contributed by atoms with van der Waals surface area (Å²) in [6.07, 6.45) is 6.63. The van der Waals surface area contributed by atoms with Crippen molar-refractivity contribution in [1.82, 2.24) is 14.9 Å². The SMILES string of the molecule is Cc1ncc(Cl)c(N2C[C@H]3C[C@@H](C2)[C@H](Cc2ccccc2)N2C(=O)CCC[C@@H]32)n1. The Labute approximate surface area is 177 Å². The van der Waals surface area contributed by atoms with Gasteiger partial charge in [-0.2, -0.15) is 0 Å². The van der Waals surface area contributed by atoms with Crippen LogP contribution in [0.3, 0.4) is 0 Å². The molecular weight excluding hydrogens is 384 g/mol. The molecule has 3 aliphatic rings. The van der Waals surface area contributed by atoms with E-state index in [-0.39, 0.29) is 6.04 Å². The normalized spacial score (nSPS) is 29.0. The molecule has 3 fully saturated rings. The molecule has 0 saturated carbocycles. The fraction of sp³-hybridized carbons (Fsp3) is 0.522. The lowest BCUT2D eigenvalue weighted by molar-refractivity contribution is -0.148. The number of halogens is 1. The lowest BCUT2D eigenvalue weighted by Crippen LogP contribution is -2.65. The van der Waals surface area contributed by atoms with Crippen molar-refractivity contribution in [3.8, 4) is 0 Å². The molecule has 1 aromatic carbocycles. The summed E-state index contributed by atoms with van der Waals surface area (Å²) in [4.78, 5) is 26.5. The predicted octanol–water partition coefficient (Wildman–Crippen LogP) is 3.89. The first-order valence-electron chi connectivity index (χ1n) is 10.7. The van der Waals surface area contributed by atoms with E-state index < -0.39 is 0 Å². The van der Waals surface area contributed by atoms with Crippen LogP contribution in [0.25, 0.3) is 0 Å². The zero-order chi connectivity index (χ0) is 20.0. The van der Waals surface area contributed by atoms with Gasteiger partial charge in [0, 0.05) is 31.6 Å². The lowest BCUT2D eigenvalue weighted by atomic mass is 9.71. The highest BCUT2D eigenvalue weighted by Crippen LogP contribution is 2.44. The number of carbonyl (C=O) groups is 1. The Bertz CT molecular complexity index is 905. The van der Waals surface area contributed by atoms with Crippen molar-refractivity contribution in [3.63, 3.8) is 0 Å². The summed E-state index contributed by atoms with van der Waals surface area (Å²) < 4.78 is 0. The van der Waals surface area contributed by atoms with E-state index >= 15 is 0 Å². The van der Waals surface area contributed by atoms with E-state index in [0.29, 0.717) is 35.2 Å². The monoisotopic (exact) mass is 410 g/mol. The number of anilines is 1. The number of aromatic nitrogens is 2. The number of fused-ring (bicyclic) bond motifs is 4. The summed E-state index contributed by atoms with van der Waals surface area (Å²) >= 11 is 6.48. The van der Waals surface area contributed by atoms with Gasteiger partial charge in [-0.1, -0.05) is 41.9 Å². The second kappa shape index (κ2) is 7.60. The van der Waals surface area contributed by atoms with Crippen molar-refractivity contribution >= 4 is 23.3 Å². The molecule has 0 N–H and O–H groups in total. The van der Waals surface area contributed by atoms with Crippen LogP contribution in [0.1, 0.15) is 37.1 Å². The van der Waals surface area contributed by atoms with Crippen LogP contribution in [0, 0.1) is 18.8 Å². The van der Waals surface area contributed by atoms with Crippen molar-refractivity contribution < 1.29 is 4.79 Å². The maximum atomic E-state index is 13.0. The number of aryl methyl sites for hydroxylation is 1. The Morgan fingerprint density at radius 1 is 1.17 bits per heavy atom. The van der Waals surface area contributed by atoms with E-state index in [0.717, 1.165) is 44.0 Å². The van der Waals surface area contributed by atoms with E-state index in [1.54, 1.807) is 6.20 Å². The van der Waals surface area contributed by atoms with Gasteiger partial charge >= 0.3 is 0 Å². The summed E-state index contributed by atoms with van der Waals surface area (Å²) in [5.41, 5.74) is 1.31. The third-order valence-corrected chi connectivity index (χ3v) is 7.20. The molecule has 1 aromatic heterocycles. The van der Waals surface area contributed by atoms with Gasteiger partial charge in [-0.3, -0.25) is 4.79 Å². The van der Waals surface area contributed by atoms with Crippen LogP contribution in [0.4, 0.5) is 5.82 Å². The molecule has 0 aliphatic carbocycles. The Morgan fingerprint density at radius 3 is 2.79 bits per heavy atom. The fourth-order valence-electron chi connectivity index (χ4n) is 5.73. The minimum atomic E-state index is 0.246. The van der Waals surface area contributed by atoms with E-state index in [9.17, 15) is 4.79 Å². The van der Waals surface area contributed by atoms with Gasteiger partial charge in [-0.05, 0) is 50.0 Å². The minimum absolute atomic E-state index is 0.246. The van der Waals surface area contributed by atoms with Crippen LogP contribution < -0.4 is 4.90 Å². The van der Waals surface area contributed by atoms with Crippen molar-refractivity contribution in [2.45, 2.75) is 51.1 Å². The van der Waals surface area contributed by atoms with Crippen LogP contribution in [0.5, 0.6) is 0 Å². The highest BCUT2D eigenvalue weighted by Gasteiger charge is 2.49. The number of amides is 1. The first kappa shape index (κ1) is 18.9. The average molecular weight is 411 g/mol. The van der Waals surface area contributed by atoms with Crippen molar-refractivity contribution in [2.24, 2.45) is 11.8 Å². The molecule has 5 nitrogen and oxygen atoms in total. The number of hydrogen-bond donors (Lipinski definition) is 0. The van der Waals surface area contributed by atoms with E-state index in [1.807, 2.05) is 6.92 Å². The first-order chi connectivity index (χ1) is 14.1. The van der Waals surface area contributed by atoms with E-state index in [4.69, 9.17) is 11.6 Å². The molecule has 1 amide bonds. The second-order valence-corrected chi connectivity index (χ2v) is 9.17. The third-order valence-electron chi connectivity index (χ3n) is 6.93. The number of carbonyl (C=O) groups excluding carboxylic acids is 1. The highest BCUT2D eigenvalue weighted by atomic mass is 35.5. The second-order valence-electron chi connectivity index (χ2n) is 8.77. The van der Waals surface area contributed by atoms with Crippen molar-refractivity contribution in [3.05, 3.63) is 52.9 Å². The van der Waals surface area contributed by atoms with Crippen LogP contribution in [-0.4, -0.2) is 45.9 Å². The number of hydrogen-bond acceptors (Lipinski definition) is 4. The topological polar surface area (TPSA) is 49.3 Å². The number of piperidine rings is 3. The third kappa shape index (κ3) is 3.50. The van der Waals surface area contributed by atoms with Gasteiger partial charge in [0.15, 0.2) is 5.82 Å². The molecule has 2 bridgehead atoms. The molecule has 2 aromatic rings. The van der Waals surface area contributed by atoms with Crippen molar-refractivity contribution in [1.29, 1.82) is 0 Å². The largest absolute Gasteiger partial charge is 0.355 e. The summed E-state index contributed by atoms with van der Waals surface area (Å²) in [5.74, 6) is 2.86. The molecule has 3 saturated heterocycles. The Morgan fingerprint density at radius 2 is 1.97 bits per heavy atom. The Balaban J connectivity index is 1.49.